The third kappa shape index (κ3) is 5.05. The fourth-order valence-corrected chi connectivity index (χ4v) is 2.15. The van der Waals surface area contributed by atoms with Crippen LogP contribution in [0.1, 0.15) is 44.6 Å². The fourth-order valence-electron chi connectivity index (χ4n) is 2.15. The maximum Gasteiger partial charge on any atom is 0.389 e. The standard InChI is InChI=1S/C15H19F3O/c1-3-11(2)14(12-7-5-4-6-8-12)13(19)9-10-15(16,17)18/h4-8,11,14H,3,9-10H2,1-2H3. The molecule has 0 aliphatic rings. The molecular weight excluding hydrogens is 253 g/mol. The zero-order valence-electron chi connectivity index (χ0n) is 11.2. The van der Waals surface area contributed by atoms with Crippen molar-refractivity contribution in [2.75, 3.05) is 0 Å². The third-order valence-corrected chi connectivity index (χ3v) is 3.37. The highest BCUT2D eigenvalue weighted by molar-refractivity contribution is 5.86. The highest BCUT2D eigenvalue weighted by atomic mass is 19.4. The van der Waals surface area contributed by atoms with Gasteiger partial charge in [0.2, 0.25) is 0 Å². The van der Waals surface area contributed by atoms with Gasteiger partial charge in [-0.05, 0) is 11.5 Å². The van der Waals surface area contributed by atoms with Crippen LogP contribution in [0.2, 0.25) is 0 Å². The molecule has 0 aliphatic heterocycles. The Labute approximate surface area is 111 Å². The van der Waals surface area contributed by atoms with Gasteiger partial charge in [0.05, 0.1) is 6.42 Å². The Hall–Kier alpha value is -1.32. The molecule has 1 aromatic rings. The first-order valence-electron chi connectivity index (χ1n) is 6.49. The molecule has 0 N–H and O–H groups in total. The lowest BCUT2D eigenvalue weighted by molar-refractivity contribution is -0.144. The Morgan fingerprint density at radius 3 is 2.26 bits per heavy atom. The van der Waals surface area contributed by atoms with E-state index in [0.29, 0.717) is 0 Å². The summed E-state index contributed by atoms with van der Waals surface area (Å²) in [4.78, 5) is 12.1. The number of hydrogen-bond donors (Lipinski definition) is 0. The molecule has 0 heterocycles. The lowest BCUT2D eigenvalue weighted by Gasteiger charge is -2.22. The van der Waals surface area contributed by atoms with E-state index in [0.717, 1.165) is 12.0 Å². The Morgan fingerprint density at radius 1 is 1.21 bits per heavy atom. The third-order valence-electron chi connectivity index (χ3n) is 3.37. The maximum atomic E-state index is 12.2. The average Bonchev–Trinajstić information content (AvgIpc) is 2.37. The van der Waals surface area contributed by atoms with Crippen molar-refractivity contribution in [2.45, 2.75) is 45.2 Å². The zero-order valence-corrected chi connectivity index (χ0v) is 11.2. The van der Waals surface area contributed by atoms with Gasteiger partial charge in [0.25, 0.3) is 0 Å². The van der Waals surface area contributed by atoms with Gasteiger partial charge in [-0.15, -0.1) is 0 Å². The van der Waals surface area contributed by atoms with Crippen LogP contribution >= 0.6 is 0 Å². The van der Waals surface area contributed by atoms with Crippen molar-refractivity contribution >= 4 is 5.78 Å². The normalized spacial score (nSPS) is 15.0. The number of alkyl halides is 3. The van der Waals surface area contributed by atoms with E-state index < -0.39 is 24.9 Å². The average molecular weight is 272 g/mol. The van der Waals surface area contributed by atoms with Gasteiger partial charge < -0.3 is 0 Å². The van der Waals surface area contributed by atoms with Gasteiger partial charge >= 0.3 is 6.18 Å². The number of halogens is 3. The quantitative estimate of drug-likeness (QED) is 0.731. The largest absolute Gasteiger partial charge is 0.389 e. The van der Waals surface area contributed by atoms with Crippen molar-refractivity contribution in [3.05, 3.63) is 35.9 Å². The van der Waals surface area contributed by atoms with Crippen molar-refractivity contribution in [2.24, 2.45) is 5.92 Å². The minimum absolute atomic E-state index is 0.0446. The van der Waals surface area contributed by atoms with E-state index >= 15 is 0 Å². The van der Waals surface area contributed by atoms with Crippen molar-refractivity contribution in [3.8, 4) is 0 Å². The zero-order chi connectivity index (χ0) is 14.5. The Balaban J connectivity index is 2.84. The van der Waals surface area contributed by atoms with E-state index in [-0.39, 0.29) is 11.7 Å². The van der Waals surface area contributed by atoms with Crippen LogP contribution in [0.15, 0.2) is 30.3 Å². The van der Waals surface area contributed by atoms with Crippen LogP contribution in [-0.2, 0) is 4.79 Å². The molecule has 0 spiro atoms. The van der Waals surface area contributed by atoms with Crippen LogP contribution in [0.5, 0.6) is 0 Å². The van der Waals surface area contributed by atoms with Gasteiger partial charge in [0.15, 0.2) is 0 Å². The first-order chi connectivity index (χ1) is 8.85. The van der Waals surface area contributed by atoms with Crippen LogP contribution in [-0.4, -0.2) is 12.0 Å². The molecule has 0 aromatic heterocycles. The number of carbonyl (C=O) groups is 1. The summed E-state index contributed by atoms with van der Waals surface area (Å²) >= 11 is 0. The predicted molar refractivity (Wildman–Crippen MR) is 68.9 cm³/mol. The topological polar surface area (TPSA) is 17.1 Å². The van der Waals surface area contributed by atoms with E-state index in [1.54, 1.807) is 0 Å². The van der Waals surface area contributed by atoms with E-state index in [9.17, 15) is 18.0 Å². The van der Waals surface area contributed by atoms with Crippen LogP contribution in [0.4, 0.5) is 13.2 Å². The molecule has 0 amide bonds. The molecule has 2 unspecified atom stereocenters. The number of rotatable bonds is 6. The Kier molecular flexibility index (Phi) is 5.58. The Bertz CT molecular complexity index is 398. The second-order valence-electron chi connectivity index (χ2n) is 4.86. The highest BCUT2D eigenvalue weighted by Crippen LogP contribution is 2.31. The van der Waals surface area contributed by atoms with Crippen LogP contribution in [0, 0.1) is 5.92 Å². The molecule has 0 bridgehead atoms. The van der Waals surface area contributed by atoms with E-state index in [1.165, 1.54) is 0 Å². The van der Waals surface area contributed by atoms with Gasteiger partial charge in [-0.25, -0.2) is 0 Å². The van der Waals surface area contributed by atoms with Crippen LogP contribution < -0.4 is 0 Å². The minimum atomic E-state index is -4.27. The molecule has 0 fully saturated rings. The molecule has 0 radical (unpaired) electrons. The second-order valence-corrected chi connectivity index (χ2v) is 4.86. The molecule has 0 saturated carbocycles. The molecule has 4 heteroatoms. The van der Waals surface area contributed by atoms with Gasteiger partial charge in [-0.1, -0.05) is 50.6 Å². The summed E-state index contributed by atoms with van der Waals surface area (Å²) in [6.07, 6.45) is -4.98. The Morgan fingerprint density at radius 2 is 1.79 bits per heavy atom. The second kappa shape index (κ2) is 6.73. The molecule has 1 rings (SSSR count). The number of benzene rings is 1. The molecule has 1 nitrogen and oxygen atoms in total. The lowest BCUT2D eigenvalue weighted by Crippen LogP contribution is -2.21. The number of ketones is 1. The van der Waals surface area contributed by atoms with Crippen LogP contribution in [0.25, 0.3) is 0 Å². The predicted octanol–water partition coefficient (Wildman–Crippen LogP) is 4.73. The van der Waals surface area contributed by atoms with Crippen molar-refractivity contribution in [1.82, 2.24) is 0 Å². The summed E-state index contributed by atoms with van der Waals surface area (Å²) in [6, 6.07) is 9.06. The van der Waals surface area contributed by atoms with Crippen molar-refractivity contribution in [1.29, 1.82) is 0 Å². The fraction of sp³-hybridized carbons (Fsp3) is 0.533. The van der Waals surface area contributed by atoms with Gasteiger partial charge in [0.1, 0.15) is 5.78 Å². The van der Waals surface area contributed by atoms with Crippen LogP contribution in [0.3, 0.4) is 0 Å². The summed E-state index contributed by atoms with van der Waals surface area (Å²) in [6.45, 7) is 3.85. The summed E-state index contributed by atoms with van der Waals surface area (Å²) in [5, 5.41) is 0. The highest BCUT2D eigenvalue weighted by Gasteiger charge is 2.31. The lowest BCUT2D eigenvalue weighted by atomic mass is 9.81. The summed E-state index contributed by atoms with van der Waals surface area (Å²) in [5.74, 6) is -0.713. The monoisotopic (exact) mass is 272 g/mol. The summed E-state index contributed by atoms with van der Waals surface area (Å²) in [7, 11) is 0. The smallest absolute Gasteiger partial charge is 0.299 e. The van der Waals surface area contributed by atoms with E-state index in [4.69, 9.17) is 0 Å². The van der Waals surface area contributed by atoms with Crippen molar-refractivity contribution < 1.29 is 18.0 Å². The van der Waals surface area contributed by atoms with Gasteiger partial charge in [0, 0.05) is 12.3 Å². The van der Waals surface area contributed by atoms with Gasteiger partial charge in [-0.2, -0.15) is 13.2 Å². The molecule has 0 saturated heterocycles. The first kappa shape index (κ1) is 15.7. The molecule has 2 atom stereocenters. The molecule has 19 heavy (non-hydrogen) atoms. The first-order valence-corrected chi connectivity index (χ1v) is 6.49. The molecule has 1 aromatic carbocycles. The number of hydrogen-bond acceptors (Lipinski definition) is 1. The summed E-state index contributed by atoms with van der Waals surface area (Å²) < 4.78 is 36.6. The molecule has 0 aliphatic carbocycles. The maximum absolute atomic E-state index is 12.2. The minimum Gasteiger partial charge on any atom is -0.299 e. The number of Topliss-reactive ketones (excluding diaryl/α,β-unsaturated/α-hetero) is 1. The molecule has 106 valence electrons. The van der Waals surface area contributed by atoms with Gasteiger partial charge in [-0.3, -0.25) is 4.79 Å². The van der Waals surface area contributed by atoms with Crippen molar-refractivity contribution in [3.63, 3.8) is 0 Å². The van der Waals surface area contributed by atoms with E-state index in [2.05, 4.69) is 0 Å². The van der Waals surface area contributed by atoms with E-state index in [1.807, 2.05) is 44.2 Å². The number of carbonyl (C=O) groups excluding carboxylic acids is 1. The summed E-state index contributed by atoms with van der Waals surface area (Å²) in [5.41, 5.74) is 0.809. The molecular formula is C15H19F3O. The SMILES string of the molecule is CCC(C)C(C(=O)CCC(F)(F)F)c1ccccc1.